The highest BCUT2D eigenvalue weighted by Crippen LogP contribution is 2.14. The lowest BCUT2D eigenvalue weighted by atomic mass is 10.1. The van der Waals surface area contributed by atoms with Gasteiger partial charge in [0, 0.05) is 19.1 Å². The van der Waals surface area contributed by atoms with Crippen molar-refractivity contribution in [2.75, 3.05) is 25.4 Å². The quantitative estimate of drug-likeness (QED) is 0.685. The summed E-state index contributed by atoms with van der Waals surface area (Å²) in [6, 6.07) is -0.108. The molecule has 0 amide bonds. The van der Waals surface area contributed by atoms with Crippen LogP contribution in [0.15, 0.2) is 0 Å². The molecular formula is C9H18N2O4S. The minimum Gasteiger partial charge on any atom is -0.480 e. The first-order chi connectivity index (χ1) is 7.47. The van der Waals surface area contributed by atoms with E-state index in [0.29, 0.717) is 13.1 Å². The topological polar surface area (TPSA) is 86.7 Å². The van der Waals surface area contributed by atoms with Gasteiger partial charge in [-0.1, -0.05) is 6.92 Å². The number of carboxylic acid groups (broad SMARTS) is 1. The van der Waals surface area contributed by atoms with E-state index in [1.165, 1.54) is 4.31 Å². The number of nitrogens with zero attached hydrogens (tertiary/aromatic N) is 1. The Morgan fingerprint density at radius 3 is 2.69 bits per heavy atom. The van der Waals surface area contributed by atoms with Gasteiger partial charge in [0.25, 0.3) is 0 Å². The fourth-order valence-corrected chi connectivity index (χ4v) is 3.51. The third-order valence-corrected chi connectivity index (χ3v) is 4.54. The largest absolute Gasteiger partial charge is 0.480 e. The van der Waals surface area contributed by atoms with Crippen LogP contribution in [-0.2, 0) is 14.8 Å². The zero-order valence-electron chi connectivity index (χ0n) is 9.35. The molecule has 1 heterocycles. The molecule has 6 nitrogen and oxygen atoms in total. The van der Waals surface area contributed by atoms with Crippen molar-refractivity contribution >= 4 is 16.0 Å². The number of hydrogen-bond acceptors (Lipinski definition) is 4. The number of hydrogen-bond donors (Lipinski definition) is 2. The number of carbonyl (C=O) groups is 1. The van der Waals surface area contributed by atoms with Crippen LogP contribution in [0.25, 0.3) is 0 Å². The number of carboxylic acids is 1. The first-order valence-electron chi connectivity index (χ1n) is 5.39. The van der Waals surface area contributed by atoms with Crippen molar-refractivity contribution in [3.63, 3.8) is 0 Å². The molecular weight excluding hydrogens is 232 g/mol. The summed E-state index contributed by atoms with van der Waals surface area (Å²) in [6.45, 7) is 3.55. The Morgan fingerprint density at radius 1 is 1.56 bits per heavy atom. The van der Waals surface area contributed by atoms with E-state index in [0.717, 1.165) is 19.4 Å². The van der Waals surface area contributed by atoms with Gasteiger partial charge in [-0.2, -0.15) is 4.31 Å². The first kappa shape index (κ1) is 13.4. The number of aliphatic carboxylic acids is 1. The summed E-state index contributed by atoms with van der Waals surface area (Å²) in [5.74, 6) is -2.13. The van der Waals surface area contributed by atoms with Crippen LogP contribution in [0, 0.1) is 0 Å². The molecule has 0 aliphatic carbocycles. The molecule has 0 aromatic carbocycles. The molecule has 1 saturated heterocycles. The summed E-state index contributed by atoms with van der Waals surface area (Å²) < 4.78 is 24.9. The maximum absolute atomic E-state index is 11.8. The lowest BCUT2D eigenvalue weighted by Gasteiger charge is -2.32. The standard InChI is InChI=1S/C9H18N2O4S/c1-2-11(8-4-3-5-10-6-8)16(14,15)7-9(12)13/h8,10H,2-7H2,1H3,(H,12,13). The average Bonchev–Trinajstić information content (AvgIpc) is 2.17. The molecule has 0 spiro atoms. The fourth-order valence-electron chi connectivity index (χ4n) is 2.00. The van der Waals surface area contributed by atoms with E-state index in [-0.39, 0.29) is 6.04 Å². The van der Waals surface area contributed by atoms with Gasteiger partial charge in [0.1, 0.15) is 0 Å². The van der Waals surface area contributed by atoms with Crippen LogP contribution in [0.5, 0.6) is 0 Å². The Labute approximate surface area is 95.7 Å². The van der Waals surface area contributed by atoms with Gasteiger partial charge in [-0.15, -0.1) is 0 Å². The van der Waals surface area contributed by atoms with E-state index < -0.39 is 21.7 Å². The summed E-state index contributed by atoms with van der Waals surface area (Å²) in [4.78, 5) is 10.5. The van der Waals surface area contributed by atoms with Crippen LogP contribution in [0.2, 0.25) is 0 Å². The van der Waals surface area contributed by atoms with Gasteiger partial charge < -0.3 is 10.4 Å². The zero-order chi connectivity index (χ0) is 12.2. The fraction of sp³-hybridized carbons (Fsp3) is 0.889. The minimum absolute atomic E-state index is 0.108. The van der Waals surface area contributed by atoms with Crippen molar-refractivity contribution in [2.45, 2.75) is 25.8 Å². The monoisotopic (exact) mass is 250 g/mol. The molecule has 1 fully saturated rings. The van der Waals surface area contributed by atoms with Gasteiger partial charge in [-0.3, -0.25) is 4.79 Å². The summed E-state index contributed by atoms with van der Waals surface area (Å²) in [5.41, 5.74) is 0. The van der Waals surface area contributed by atoms with Crippen LogP contribution in [0.1, 0.15) is 19.8 Å². The van der Waals surface area contributed by atoms with E-state index >= 15 is 0 Å². The van der Waals surface area contributed by atoms with E-state index in [2.05, 4.69) is 5.32 Å². The van der Waals surface area contributed by atoms with Crippen LogP contribution in [0.3, 0.4) is 0 Å². The lowest BCUT2D eigenvalue weighted by Crippen LogP contribution is -2.49. The number of nitrogens with one attached hydrogen (secondary N) is 1. The molecule has 0 radical (unpaired) electrons. The SMILES string of the molecule is CCN(C1CCCNC1)S(=O)(=O)CC(=O)O. The molecule has 1 unspecified atom stereocenters. The normalized spacial score (nSPS) is 22.2. The molecule has 2 N–H and O–H groups in total. The highest BCUT2D eigenvalue weighted by molar-refractivity contribution is 7.89. The van der Waals surface area contributed by atoms with Crippen LogP contribution >= 0.6 is 0 Å². The van der Waals surface area contributed by atoms with Gasteiger partial charge in [0.2, 0.25) is 10.0 Å². The third-order valence-electron chi connectivity index (χ3n) is 2.65. The van der Waals surface area contributed by atoms with E-state index in [1.807, 2.05) is 0 Å². The Bertz CT molecular complexity index is 335. The minimum atomic E-state index is -3.68. The molecule has 1 aliphatic rings. The van der Waals surface area contributed by atoms with Crippen molar-refractivity contribution in [1.82, 2.24) is 9.62 Å². The highest BCUT2D eigenvalue weighted by atomic mass is 32.2. The van der Waals surface area contributed by atoms with Crippen molar-refractivity contribution in [2.24, 2.45) is 0 Å². The third kappa shape index (κ3) is 3.43. The Balaban J connectivity index is 2.75. The molecule has 0 aromatic heterocycles. The van der Waals surface area contributed by atoms with E-state index in [9.17, 15) is 13.2 Å². The molecule has 94 valence electrons. The van der Waals surface area contributed by atoms with Gasteiger partial charge in [0.05, 0.1) is 0 Å². The van der Waals surface area contributed by atoms with Gasteiger partial charge in [-0.05, 0) is 19.4 Å². The van der Waals surface area contributed by atoms with Crippen molar-refractivity contribution in [3.05, 3.63) is 0 Å². The summed E-state index contributed by atoms with van der Waals surface area (Å²) in [7, 11) is -3.68. The Hall–Kier alpha value is -0.660. The predicted molar refractivity (Wildman–Crippen MR) is 59.7 cm³/mol. The zero-order valence-corrected chi connectivity index (χ0v) is 10.2. The molecule has 0 saturated carbocycles. The van der Waals surface area contributed by atoms with Crippen molar-refractivity contribution in [3.8, 4) is 0 Å². The van der Waals surface area contributed by atoms with Gasteiger partial charge in [0.15, 0.2) is 5.75 Å². The molecule has 7 heteroatoms. The van der Waals surface area contributed by atoms with E-state index in [1.54, 1.807) is 6.92 Å². The molecule has 1 rings (SSSR count). The van der Waals surface area contributed by atoms with E-state index in [4.69, 9.17) is 5.11 Å². The first-order valence-corrected chi connectivity index (χ1v) is 7.00. The lowest BCUT2D eigenvalue weighted by molar-refractivity contribution is -0.134. The molecule has 16 heavy (non-hydrogen) atoms. The maximum Gasteiger partial charge on any atom is 0.320 e. The van der Waals surface area contributed by atoms with Crippen molar-refractivity contribution in [1.29, 1.82) is 0 Å². The smallest absolute Gasteiger partial charge is 0.320 e. The Morgan fingerprint density at radius 2 is 2.25 bits per heavy atom. The Kier molecular flexibility index (Phi) is 4.69. The summed E-state index contributed by atoms with van der Waals surface area (Å²) in [5, 5.41) is 11.7. The second kappa shape index (κ2) is 5.60. The second-order valence-corrected chi connectivity index (χ2v) is 5.77. The summed E-state index contributed by atoms with van der Waals surface area (Å²) in [6.07, 6.45) is 1.71. The number of piperidine rings is 1. The molecule has 1 atom stereocenters. The van der Waals surface area contributed by atoms with Gasteiger partial charge >= 0.3 is 5.97 Å². The number of rotatable bonds is 5. The van der Waals surface area contributed by atoms with Gasteiger partial charge in [-0.25, -0.2) is 8.42 Å². The van der Waals surface area contributed by atoms with Crippen LogP contribution < -0.4 is 5.32 Å². The highest BCUT2D eigenvalue weighted by Gasteiger charge is 2.31. The predicted octanol–water partition coefficient (Wildman–Crippen LogP) is -0.525. The second-order valence-electron chi connectivity index (χ2n) is 3.85. The molecule has 0 bridgehead atoms. The average molecular weight is 250 g/mol. The van der Waals surface area contributed by atoms with Crippen molar-refractivity contribution < 1.29 is 18.3 Å². The summed E-state index contributed by atoms with van der Waals surface area (Å²) >= 11 is 0. The molecule has 0 aromatic rings. The molecule has 1 aliphatic heterocycles. The van der Waals surface area contributed by atoms with Crippen LogP contribution in [-0.4, -0.2) is 55.2 Å². The maximum atomic E-state index is 11.8. The number of sulfonamides is 1. The number of likely N-dealkylation sites (N-methyl/N-ethyl adjacent to an activating group) is 1. The van der Waals surface area contributed by atoms with Crippen LogP contribution in [0.4, 0.5) is 0 Å².